The van der Waals surface area contributed by atoms with Crippen LogP contribution in [0.1, 0.15) is 53.2 Å². The fourth-order valence-corrected chi connectivity index (χ4v) is 4.49. The van der Waals surface area contributed by atoms with Crippen molar-refractivity contribution in [3.63, 3.8) is 0 Å². The van der Waals surface area contributed by atoms with Gasteiger partial charge in [-0.2, -0.15) is 5.10 Å². The number of fused-ring (bicyclic) bond motifs is 1. The lowest BCUT2D eigenvalue weighted by molar-refractivity contribution is 0.0950. The number of aromatic nitrogens is 4. The van der Waals surface area contributed by atoms with Crippen LogP contribution in [0.5, 0.6) is 0 Å². The zero-order valence-electron chi connectivity index (χ0n) is 18.1. The number of hydrogen-bond donors (Lipinski definition) is 2. The minimum atomic E-state index is -0.0709. The fraction of sp³-hybridized carbons (Fsp3) is 0.280. The van der Waals surface area contributed by atoms with E-state index in [-0.39, 0.29) is 5.91 Å². The summed E-state index contributed by atoms with van der Waals surface area (Å²) in [6.45, 7) is 2.39. The van der Waals surface area contributed by atoms with Crippen molar-refractivity contribution in [2.45, 2.75) is 45.2 Å². The maximum Gasteiger partial charge on any atom is 0.251 e. The Morgan fingerprint density at radius 3 is 2.59 bits per heavy atom. The molecule has 0 atom stereocenters. The van der Waals surface area contributed by atoms with Crippen LogP contribution >= 0.6 is 0 Å². The number of nitrogens with one attached hydrogen (secondary N) is 1. The van der Waals surface area contributed by atoms with Crippen LogP contribution in [-0.2, 0) is 6.54 Å². The molecule has 2 aromatic carbocycles. The van der Waals surface area contributed by atoms with Crippen LogP contribution in [0.2, 0.25) is 0 Å². The Kier molecular flexibility index (Phi) is 5.31. The van der Waals surface area contributed by atoms with Crippen molar-refractivity contribution in [3.05, 3.63) is 71.5 Å². The highest BCUT2D eigenvalue weighted by Gasteiger charge is 2.24. The Bertz CT molecular complexity index is 1270. The fourth-order valence-electron chi connectivity index (χ4n) is 4.49. The first-order chi connectivity index (χ1) is 15.6. The van der Waals surface area contributed by atoms with Crippen LogP contribution in [0.3, 0.4) is 0 Å². The highest BCUT2D eigenvalue weighted by atomic mass is 16.1. The van der Waals surface area contributed by atoms with E-state index in [9.17, 15) is 4.79 Å². The molecule has 2 heterocycles. The molecule has 0 aliphatic heterocycles. The van der Waals surface area contributed by atoms with Gasteiger partial charge in [0, 0.05) is 17.7 Å². The molecule has 5 rings (SSSR count). The van der Waals surface area contributed by atoms with E-state index < -0.39 is 0 Å². The molecule has 3 N–H and O–H groups in total. The number of carbonyl (C=O) groups excluding carboxylic acids is 1. The standard InChI is InChI=1S/C25H26N6O/c1-16-6-2-5-9-20(16)25(32)27-14-17-10-12-18(13-11-17)22-21-23(26)28-15-29-24(21)31(30-22)19-7-3-4-8-19/h2,5-6,9-13,15,19H,3-4,7-8,14H2,1H3,(H,27,32)(H2,26,28,29). The minimum absolute atomic E-state index is 0.0709. The molecule has 7 nitrogen and oxygen atoms in total. The summed E-state index contributed by atoms with van der Waals surface area (Å²) < 4.78 is 2.03. The average molecular weight is 427 g/mol. The molecule has 0 bridgehead atoms. The van der Waals surface area contributed by atoms with E-state index >= 15 is 0 Å². The number of aryl methyl sites for hydroxylation is 1. The van der Waals surface area contributed by atoms with Gasteiger partial charge >= 0.3 is 0 Å². The molecular formula is C25H26N6O. The van der Waals surface area contributed by atoms with Gasteiger partial charge in [-0.05, 0) is 37.0 Å². The Hall–Kier alpha value is -3.74. The maximum absolute atomic E-state index is 12.5. The molecule has 162 valence electrons. The minimum Gasteiger partial charge on any atom is -0.383 e. The largest absolute Gasteiger partial charge is 0.383 e. The molecule has 1 aliphatic carbocycles. The smallest absolute Gasteiger partial charge is 0.251 e. The summed E-state index contributed by atoms with van der Waals surface area (Å²) in [6.07, 6.45) is 6.16. The van der Waals surface area contributed by atoms with Crippen LogP contribution in [0.15, 0.2) is 54.9 Å². The summed E-state index contributed by atoms with van der Waals surface area (Å²) in [7, 11) is 0. The number of benzene rings is 2. The Morgan fingerprint density at radius 2 is 1.84 bits per heavy atom. The number of amides is 1. The molecule has 4 aromatic rings. The van der Waals surface area contributed by atoms with Crippen LogP contribution in [0.4, 0.5) is 5.82 Å². The number of nitrogen functional groups attached to an aromatic ring is 1. The van der Waals surface area contributed by atoms with Crippen molar-refractivity contribution in [2.75, 3.05) is 5.73 Å². The third kappa shape index (κ3) is 3.70. The van der Waals surface area contributed by atoms with Gasteiger partial charge in [0.05, 0.1) is 11.4 Å². The van der Waals surface area contributed by atoms with E-state index in [4.69, 9.17) is 10.8 Å². The molecule has 0 unspecified atom stereocenters. The average Bonchev–Trinajstić information content (AvgIpc) is 3.47. The molecule has 0 radical (unpaired) electrons. The van der Waals surface area contributed by atoms with Gasteiger partial charge in [-0.3, -0.25) is 4.79 Å². The highest BCUT2D eigenvalue weighted by molar-refractivity contribution is 5.98. The zero-order chi connectivity index (χ0) is 22.1. The lowest BCUT2D eigenvalue weighted by Gasteiger charge is -2.10. The number of rotatable bonds is 5. The van der Waals surface area contributed by atoms with Crippen molar-refractivity contribution < 1.29 is 4.79 Å². The third-order valence-electron chi connectivity index (χ3n) is 6.26. The van der Waals surface area contributed by atoms with Crippen LogP contribution in [0, 0.1) is 6.92 Å². The lowest BCUT2D eigenvalue weighted by Crippen LogP contribution is -2.23. The molecule has 2 aromatic heterocycles. The van der Waals surface area contributed by atoms with Gasteiger partial charge in [0.15, 0.2) is 5.65 Å². The molecule has 0 saturated heterocycles. The molecule has 0 spiro atoms. The second-order valence-electron chi connectivity index (χ2n) is 8.38. The summed E-state index contributed by atoms with van der Waals surface area (Å²) in [6, 6.07) is 16.0. The normalized spacial score (nSPS) is 14.2. The maximum atomic E-state index is 12.5. The van der Waals surface area contributed by atoms with Gasteiger partial charge in [-0.25, -0.2) is 14.6 Å². The van der Waals surface area contributed by atoms with Gasteiger partial charge in [-0.1, -0.05) is 55.3 Å². The Morgan fingerprint density at radius 1 is 1.09 bits per heavy atom. The summed E-state index contributed by atoms with van der Waals surface area (Å²) in [5, 5.41) is 8.72. The Labute approximate surface area is 186 Å². The quantitative estimate of drug-likeness (QED) is 0.492. The SMILES string of the molecule is Cc1ccccc1C(=O)NCc1ccc(-c2nn(C3CCCC3)c3ncnc(N)c23)cc1. The molecule has 1 aliphatic rings. The molecular weight excluding hydrogens is 400 g/mol. The predicted molar refractivity (Wildman–Crippen MR) is 125 cm³/mol. The highest BCUT2D eigenvalue weighted by Crippen LogP contribution is 2.36. The number of anilines is 1. The van der Waals surface area contributed by atoms with E-state index in [1.165, 1.54) is 19.2 Å². The molecule has 1 amide bonds. The van der Waals surface area contributed by atoms with Crippen molar-refractivity contribution in [2.24, 2.45) is 0 Å². The number of carbonyl (C=O) groups is 1. The van der Waals surface area contributed by atoms with E-state index in [2.05, 4.69) is 15.3 Å². The number of hydrogen-bond acceptors (Lipinski definition) is 5. The van der Waals surface area contributed by atoms with Gasteiger partial charge in [0.2, 0.25) is 0 Å². The van der Waals surface area contributed by atoms with Crippen LogP contribution in [0.25, 0.3) is 22.3 Å². The number of nitrogens with zero attached hydrogens (tertiary/aromatic N) is 4. The molecule has 7 heteroatoms. The molecule has 1 fully saturated rings. The summed E-state index contributed by atoms with van der Waals surface area (Å²) >= 11 is 0. The first-order valence-corrected chi connectivity index (χ1v) is 11.0. The van der Waals surface area contributed by atoms with Gasteiger partial charge in [0.25, 0.3) is 5.91 Å². The summed E-state index contributed by atoms with van der Waals surface area (Å²) in [5.41, 5.74) is 11.5. The third-order valence-corrected chi connectivity index (χ3v) is 6.26. The summed E-state index contributed by atoms with van der Waals surface area (Å²) in [5.74, 6) is 0.377. The topological polar surface area (TPSA) is 98.7 Å². The second kappa shape index (κ2) is 8.42. The van der Waals surface area contributed by atoms with Gasteiger partial charge in [-0.15, -0.1) is 0 Å². The van der Waals surface area contributed by atoms with Crippen LogP contribution < -0.4 is 11.1 Å². The molecule has 32 heavy (non-hydrogen) atoms. The first kappa shape index (κ1) is 20.2. The van der Waals surface area contributed by atoms with Crippen molar-refractivity contribution >= 4 is 22.8 Å². The van der Waals surface area contributed by atoms with E-state index in [1.54, 1.807) is 0 Å². The van der Waals surface area contributed by atoms with Crippen molar-refractivity contribution in [1.29, 1.82) is 0 Å². The van der Waals surface area contributed by atoms with Gasteiger partial charge < -0.3 is 11.1 Å². The van der Waals surface area contributed by atoms with Crippen molar-refractivity contribution in [3.8, 4) is 11.3 Å². The second-order valence-corrected chi connectivity index (χ2v) is 8.38. The zero-order valence-corrected chi connectivity index (χ0v) is 18.1. The Balaban J connectivity index is 1.39. The van der Waals surface area contributed by atoms with E-state index in [1.807, 2.05) is 60.1 Å². The monoisotopic (exact) mass is 426 g/mol. The number of nitrogens with two attached hydrogens (primary N) is 1. The van der Waals surface area contributed by atoms with Crippen LogP contribution in [-0.4, -0.2) is 25.7 Å². The van der Waals surface area contributed by atoms with E-state index in [0.717, 1.165) is 46.3 Å². The molecule has 1 saturated carbocycles. The summed E-state index contributed by atoms with van der Waals surface area (Å²) in [4.78, 5) is 21.2. The lowest BCUT2D eigenvalue weighted by atomic mass is 10.1. The van der Waals surface area contributed by atoms with E-state index in [0.29, 0.717) is 24.0 Å². The van der Waals surface area contributed by atoms with Gasteiger partial charge in [0.1, 0.15) is 17.8 Å². The van der Waals surface area contributed by atoms with Crippen molar-refractivity contribution in [1.82, 2.24) is 25.1 Å². The first-order valence-electron chi connectivity index (χ1n) is 11.0. The predicted octanol–water partition coefficient (Wildman–Crippen LogP) is 4.43.